The first-order valence-electron chi connectivity index (χ1n) is 8.55. The summed E-state index contributed by atoms with van der Waals surface area (Å²) in [4.78, 5) is 16.4. The molecule has 0 bridgehead atoms. The molecule has 0 radical (unpaired) electrons. The average Bonchev–Trinajstić information content (AvgIpc) is 2.99. The summed E-state index contributed by atoms with van der Waals surface area (Å²) >= 11 is 0. The Kier molecular flexibility index (Phi) is 5.07. The van der Waals surface area contributed by atoms with Crippen LogP contribution in [0.15, 0.2) is 47.3 Å². The first kappa shape index (κ1) is 17.7. The highest BCUT2D eigenvalue weighted by atomic mass is 16.5. The molecule has 5 heteroatoms. The minimum atomic E-state index is -0.209. The number of nitrogens with one attached hydrogen (secondary N) is 1. The summed E-state index contributed by atoms with van der Waals surface area (Å²) in [6.07, 6.45) is 6.59. The zero-order valence-electron chi connectivity index (χ0n) is 15.4. The summed E-state index contributed by atoms with van der Waals surface area (Å²) in [6, 6.07) is 5.60. The number of fused-ring (bicyclic) bond motifs is 1. The highest BCUT2D eigenvalue weighted by Crippen LogP contribution is 2.37. The van der Waals surface area contributed by atoms with E-state index in [1.165, 1.54) is 0 Å². The number of ether oxygens (including phenoxy) is 1. The van der Waals surface area contributed by atoms with Gasteiger partial charge in [0.15, 0.2) is 0 Å². The first-order chi connectivity index (χ1) is 12.5. The lowest BCUT2D eigenvalue weighted by Gasteiger charge is -2.14. The second-order valence-corrected chi connectivity index (χ2v) is 6.16. The van der Waals surface area contributed by atoms with Crippen molar-refractivity contribution in [2.75, 3.05) is 11.9 Å². The van der Waals surface area contributed by atoms with Crippen LogP contribution in [0.25, 0.3) is 16.5 Å². The summed E-state index contributed by atoms with van der Waals surface area (Å²) in [5, 5.41) is 3.84. The minimum absolute atomic E-state index is 0.209. The molecule has 0 spiro atoms. The summed E-state index contributed by atoms with van der Waals surface area (Å²) < 4.78 is 11.5. The van der Waals surface area contributed by atoms with Gasteiger partial charge < -0.3 is 14.5 Å². The second kappa shape index (κ2) is 7.44. The fourth-order valence-corrected chi connectivity index (χ4v) is 2.95. The SMILES string of the molecule is CCOc1c(/C(C)=C/C(=O)Nc2cccnc2)cc2c(C)coc2c1C. The Labute approximate surface area is 152 Å². The molecule has 3 aromatic rings. The lowest BCUT2D eigenvalue weighted by atomic mass is 9.98. The zero-order valence-corrected chi connectivity index (χ0v) is 15.4. The van der Waals surface area contributed by atoms with Crippen LogP contribution < -0.4 is 10.1 Å². The molecule has 0 fully saturated rings. The number of carbonyl (C=O) groups excluding carboxylic acids is 1. The molecule has 5 nitrogen and oxygen atoms in total. The van der Waals surface area contributed by atoms with Gasteiger partial charge in [0, 0.05) is 28.8 Å². The summed E-state index contributed by atoms with van der Waals surface area (Å²) in [5.74, 6) is 0.539. The van der Waals surface area contributed by atoms with E-state index in [1.807, 2.05) is 33.8 Å². The van der Waals surface area contributed by atoms with Crippen molar-refractivity contribution in [2.24, 2.45) is 0 Å². The van der Waals surface area contributed by atoms with Crippen molar-refractivity contribution < 1.29 is 13.9 Å². The number of furan rings is 1. The molecule has 0 aliphatic rings. The van der Waals surface area contributed by atoms with Crippen LogP contribution in [0.5, 0.6) is 5.75 Å². The fourth-order valence-electron chi connectivity index (χ4n) is 2.95. The van der Waals surface area contributed by atoms with Crippen LogP contribution in [0.1, 0.15) is 30.5 Å². The van der Waals surface area contributed by atoms with E-state index < -0.39 is 0 Å². The molecule has 0 aliphatic carbocycles. The number of anilines is 1. The average molecular weight is 350 g/mol. The Morgan fingerprint density at radius 2 is 2.19 bits per heavy atom. The van der Waals surface area contributed by atoms with Gasteiger partial charge in [0.25, 0.3) is 0 Å². The molecule has 0 saturated heterocycles. The number of nitrogens with zero attached hydrogens (tertiary/aromatic N) is 1. The molecule has 3 rings (SSSR count). The van der Waals surface area contributed by atoms with Gasteiger partial charge in [-0.05, 0) is 57.0 Å². The van der Waals surface area contributed by atoms with E-state index in [0.29, 0.717) is 12.3 Å². The molecule has 2 aromatic heterocycles. The number of benzene rings is 1. The molecule has 26 heavy (non-hydrogen) atoms. The maximum atomic E-state index is 12.4. The molecular weight excluding hydrogens is 328 g/mol. The van der Waals surface area contributed by atoms with Gasteiger partial charge in [0.2, 0.25) is 5.91 Å². The van der Waals surface area contributed by atoms with Crippen LogP contribution in [0.4, 0.5) is 5.69 Å². The Hall–Kier alpha value is -3.08. The number of hydrogen-bond donors (Lipinski definition) is 1. The van der Waals surface area contributed by atoms with E-state index in [9.17, 15) is 4.79 Å². The van der Waals surface area contributed by atoms with Gasteiger partial charge in [-0.25, -0.2) is 0 Å². The third kappa shape index (κ3) is 3.47. The van der Waals surface area contributed by atoms with Gasteiger partial charge in [0.1, 0.15) is 11.3 Å². The highest BCUT2D eigenvalue weighted by molar-refractivity contribution is 6.04. The Morgan fingerprint density at radius 1 is 1.38 bits per heavy atom. The smallest absolute Gasteiger partial charge is 0.248 e. The van der Waals surface area contributed by atoms with Crippen LogP contribution in [0.3, 0.4) is 0 Å². The monoisotopic (exact) mass is 350 g/mol. The summed E-state index contributed by atoms with van der Waals surface area (Å²) in [6.45, 7) is 8.36. The van der Waals surface area contributed by atoms with E-state index in [1.54, 1.807) is 36.9 Å². The molecule has 1 N–H and O–H groups in total. The maximum Gasteiger partial charge on any atom is 0.248 e. The van der Waals surface area contributed by atoms with Gasteiger partial charge in [-0.3, -0.25) is 9.78 Å². The first-order valence-corrected chi connectivity index (χ1v) is 8.55. The Balaban J connectivity index is 2.00. The van der Waals surface area contributed by atoms with Gasteiger partial charge in [0.05, 0.1) is 24.8 Å². The number of pyridine rings is 1. The van der Waals surface area contributed by atoms with Crippen molar-refractivity contribution in [3.05, 3.63) is 59.6 Å². The predicted molar refractivity (Wildman–Crippen MR) is 103 cm³/mol. The van der Waals surface area contributed by atoms with Gasteiger partial charge >= 0.3 is 0 Å². The molecule has 0 saturated carbocycles. The van der Waals surface area contributed by atoms with Crippen molar-refractivity contribution in [2.45, 2.75) is 27.7 Å². The van der Waals surface area contributed by atoms with Crippen molar-refractivity contribution in [1.82, 2.24) is 4.98 Å². The Morgan fingerprint density at radius 3 is 2.88 bits per heavy atom. The van der Waals surface area contributed by atoms with Crippen molar-refractivity contribution in [1.29, 1.82) is 0 Å². The number of carbonyl (C=O) groups is 1. The quantitative estimate of drug-likeness (QED) is 0.666. The number of hydrogen-bond acceptors (Lipinski definition) is 4. The van der Waals surface area contributed by atoms with Gasteiger partial charge in [-0.2, -0.15) is 0 Å². The summed E-state index contributed by atoms with van der Waals surface area (Å²) in [7, 11) is 0. The number of allylic oxidation sites excluding steroid dienone is 1. The topological polar surface area (TPSA) is 64.4 Å². The van der Waals surface area contributed by atoms with Crippen LogP contribution in [-0.2, 0) is 4.79 Å². The third-order valence-electron chi connectivity index (χ3n) is 4.23. The summed E-state index contributed by atoms with van der Waals surface area (Å²) in [5.41, 5.74) is 5.18. The standard InChI is InChI=1S/C21H22N2O3/c1-5-25-20-15(4)21-18(14(3)12-26-21)10-17(20)13(2)9-19(24)23-16-7-6-8-22-11-16/h6-12H,5H2,1-4H3,(H,23,24)/b13-9+. The number of amides is 1. The fraction of sp³-hybridized carbons (Fsp3) is 0.238. The number of aryl methyl sites for hydroxylation is 2. The predicted octanol–water partition coefficient (Wildman–Crippen LogP) is 4.89. The molecule has 0 atom stereocenters. The number of aromatic nitrogens is 1. The molecule has 2 heterocycles. The normalized spacial score (nSPS) is 11.6. The molecule has 1 amide bonds. The van der Waals surface area contributed by atoms with E-state index in [2.05, 4.69) is 10.3 Å². The lowest BCUT2D eigenvalue weighted by Crippen LogP contribution is -2.09. The third-order valence-corrected chi connectivity index (χ3v) is 4.23. The second-order valence-electron chi connectivity index (χ2n) is 6.16. The van der Waals surface area contributed by atoms with E-state index >= 15 is 0 Å². The van der Waals surface area contributed by atoms with Crippen LogP contribution in [0, 0.1) is 13.8 Å². The van der Waals surface area contributed by atoms with Gasteiger partial charge in [-0.1, -0.05) is 0 Å². The van der Waals surface area contributed by atoms with Crippen LogP contribution >= 0.6 is 0 Å². The van der Waals surface area contributed by atoms with Crippen molar-refractivity contribution in [3.8, 4) is 5.75 Å². The van der Waals surface area contributed by atoms with Gasteiger partial charge in [-0.15, -0.1) is 0 Å². The van der Waals surface area contributed by atoms with E-state index in [0.717, 1.165) is 39.0 Å². The molecule has 0 unspecified atom stereocenters. The van der Waals surface area contributed by atoms with Crippen LogP contribution in [-0.4, -0.2) is 17.5 Å². The highest BCUT2D eigenvalue weighted by Gasteiger charge is 2.17. The molecule has 0 aliphatic heterocycles. The van der Waals surface area contributed by atoms with E-state index in [-0.39, 0.29) is 5.91 Å². The van der Waals surface area contributed by atoms with E-state index in [4.69, 9.17) is 9.15 Å². The lowest BCUT2D eigenvalue weighted by molar-refractivity contribution is -0.111. The zero-order chi connectivity index (χ0) is 18.7. The van der Waals surface area contributed by atoms with Crippen molar-refractivity contribution >= 4 is 28.1 Å². The molecular formula is C21H22N2O3. The molecule has 134 valence electrons. The minimum Gasteiger partial charge on any atom is -0.493 e. The Bertz CT molecular complexity index is 972. The maximum absolute atomic E-state index is 12.4. The number of rotatable bonds is 5. The largest absolute Gasteiger partial charge is 0.493 e. The van der Waals surface area contributed by atoms with Crippen molar-refractivity contribution in [3.63, 3.8) is 0 Å². The molecule has 1 aromatic carbocycles. The van der Waals surface area contributed by atoms with Crippen LogP contribution in [0.2, 0.25) is 0 Å².